The van der Waals surface area contributed by atoms with Crippen LogP contribution in [-0.2, 0) is 0 Å². The average Bonchev–Trinajstić information content (AvgIpc) is 2.32. The van der Waals surface area contributed by atoms with Crippen molar-refractivity contribution >= 4 is 21.7 Å². The van der Waals surface area contributed by atoms with Crippen LogP contribution < -0.4 is 11.5 Å². The normalized spacial score (nSPS) is 12.4. The molecule has 0 spiro atoms. The van der Waals surface area contributed by atoms with E-state index >= 15 is 0 Å². The third kappa shape index (κ3) is 2.48. The first-order valence-corrected chi connectivity index (χ1v) is 6.11. The fourth-order valence-corrected chi connectivity index (χ4v) is 2.28. The van der Waals surface area contributed by atoms with Crippen molar-refractivity contribution in [3.05, 3.63) is 57.7 Å². The molecular weight excluding hydrogens is 278 g/mol. The van der Waals surface area contributed by atoms with Crippen molar-refractivity contribution in [1.29, 1.82) is 0 Å². The van der Waals surface area contributed by atoms with Crippen molar-refractivity contribution in [3.8, 4) is 0 Å². The van der Waals surface area contributed by atoms with Crippen molar-refractivity contribution in [2.45, 2.75) is 13.0 Å². The number of benzene rings is 1. The molecule has 1 aromatic carbocycles. The lowest BCUT2D eigenvalue weighted by atomic mass is 9.99. The molecule has 0 aliphatic heterocycles. The van der Waals surface area contributed by atoms with Crippen molar-refractivity contribution < 1.29 is 0 Å². The van der Waals surface area contributed by atoms with E-state index in [2.05, 4.69) is 20.9 Å². The van der Waals surface area contributed by atoms with Crippen LogP contribution in [0.3, 0.4) is 0 Å². The van der Waals surface area contributed by atoms with E-state index in [-0.39, 0.29) is 6.04 Å². The van der Waals surface area contributed by atoms with Crippen LogP contribution in [0.15, 0.2) is 41.0 Å². The number of nitrogens with two attached hydrogens (primary N) is 2. The summed E-state index contributed by atoms with van der Waals surface area (Å²) in [7, 11) is 0. The Morgan fingerprint density at radius 3 is 2.65 bits per heavy atom. The second-order valence-corrected chi connectivity index (χ2v) is 4.84. The lowest BCUT2D eigenvalue weighted by Crippen LogP contribution is -2.15. The second kappa shape index (κ2) is 4.85. The van der Waals surface area contributed by atoms with Gasteiger partial charge in [0.2, 0.25) is 0 Å². The maximum absolute atomic E-state index is 6.24. The number of pyridine rings is 1. The average molecular weight is 292 g/mol. The maximum Gasteiger partial charge on any atom is 0.128 e. The molecule has 1 aromatic heterocycles. The van der Waals surface area contributed by atoms with Crippen LogP contribution in [0, 0.1) is 6.92 Å². The van der Waals surface area contributed by atoms with Gasteiger partial charge in [-0.2, -0.15) is 0 Å². The van der Waals surface area contributed by atoms with Gasteiger partial charge < -0.3 is 11.5 Å². The van der Waals surface area contributed by atoms with Crippen molar-refractivity contribution in [1.82, 2.24) is 4.98 Å². The van der Waals surface area contributed by atoms with Gasteiger partial charge in [0.25, 0.3) is 0 Å². The lowest BCUT2D eigenvalue weighted by molar-refractivity contribution is 0.860. The molecule has 0 bridgehead atoms. The van der Waals surface area contributed by atoms with Gasteiger partial charge in [0.1, 0.15) is 5.82 Å². The molecule has 2 rings (SSSR count). The Morgan fingerprint density at radius 1 is 1.24 bits per heavy atom. The highest BCUT2D eigenvalue weighted by Gasteiger charge is 2.15. The molecule has 17 heavy (non-hydrogen) atoms. The third-order valence-electron chi connectivity index (χ3n) is 2.66. The Labute approximate surface area is 109 Å². The van der Waals surface area contributed by atoms with Gasteiger partial charge in [-0.05, 0) is 30.2 Å². The van der Waals surface area contributed by atoms with E-state index in [1.807, 2.05) is 37.3 Å². The van der Waals surface area contributed by atoms with Crippen molar-refractivity contribution in [3.63, 3.8) is 0 Å². The van der Waals surface area contributed by atoms with Crippen molar-refractivity contribution in [2.24, 2.45) is 5.73 Å². The van der Waals surface area contributed by atoms with E-state index in [4.69, 9.17) is 11.5 Å². The third-order valence-corrected chi connectivity index (χ3v) is 3.38. The number of hydrogen-bond donors (Lipinski definition) is 2. The Balaban J connectivity index is 2.47. The largest absolute Gasteiger partial charge is 0.383 e. The Bertz CT molecular complexity index is 540. The molecule has 3 nitrogen and oxygen atoms in total. The van der Waals surface area contributed by atoms with Gasteiger partial charge in [0.05, 0.1) is 6.04 Å². The van der Waals surface area contributed by atoms with Crippen LogP contribution in [0.1, 0.15) is 22.7 Å². The molecule has 0 saturated carbocycles. The molecule has 0 saturated heterocycles. The number of aromatic nitrogens is 1. The fourth-order valence-electron chi connectivity index (χ4n) is 1.75. The van der Waals surface area contributed by atoms with E-state index in [0.717, 1.165) is 21.2 Å². The van der Waals surface area contributed by atoms with Gasteiger partial charge in [0, 0.05) is 16.2 Å². The smallest absolute Gasteiger partial charge is 0.128 e. The van der Waals surface area contributed by atoms with E-state index in [1.165, 1.54) is 0 Å². The lowest BCUT2D eigenvalue weighted by Gasteiger charge is -2.16. The summed E-state index contributed by atoms with van der Waals surface area (Å²) < 4.78 is 0.980. The van der Waals surface area contributed by atoms with Crippen LogP contribution in [-0.4, -0.2) is 4.98 Å². The molecule has 0 amide bonds. The number of hydrogen-bond acceptors (Lipinski definition) is 3. The van der Waals surface area contributed by atoms with Crippen molar-refractivity contribution in [2.75, 3.05) is 5.73 Å². The van der Waals surface area contributed by atoms with Crippen LogP contribution >= 0.6 is 15.9 Å². The monoisotopic (exact) mass is 291 g/mol. The standard InChI is InChI=1S/C13H14BrN3/c1-8-6-10(13(16)17-7-8)12(15)9-4-2-3-5-11(9)14/h2-7,12H,15H2,1H3,(H2,16,17). The predicted octanol–water partition coefficient (Wildman–Crippen LogP) is 2.78. The first-order chi connectivity index (χ1) is 8.09. The van der Waals surface area contributed by atoms with Gasteiger partial charge >= 0.3 is 0 Å². The number of rotatable bonds is 2. The van der Waals surface area contributed by atoms with Crippen LogP contribution in [0.4, 0.5) is 5.82 Å². The van der Waals surface area contributed by atoms with Gasteiger partial charge in [-0.3, -0.25) is 0 Å². The summed E-state index contributed by atoms with van der Waals surface area (Å²) in [4.78, 5) is 4.14. The van der Waals surface area contributed by atoms with E-state index in [0.29, 0.717) is 5.82 Å². The minimum absolute atomic E-state index is 0.266. The molecule has 0 aliphatic rings. The van der Waals surface area contributed by atoms with Gasteiger partial charge in [-0.25, -0.2) is 4.98 Å². The molecule has 0 fully saturated rings. The Hall–Kier alpha value is -1.39. The molecule has 1 atom stereocenters. The summed E-state index contributed by atoms with van der Waals surface area (Å²) in [5, 5.41) is 0. The number of nitrogens with zero attached hydrogens (tertiary/aromatic N) is 1. The Morgan fingerprint density at radius 2 is 1.94 bits per heavy atom. The van der Waals surface area contributed by atoms with Gasteiger partial charge in [-0.15, -0.1) is 0 Å². The summed E-state index contributed by atoms with van der Waals surface area (Å²) in [6, 6.07) is 9.58. The molecule has 4 N–H and O–H groups in total. The molecule has 88 valence electrons. The Kier molecular flexibility index (Phi) is 3.45. The summed E-state index contributed by atoms with van der Waals surface area (Å²) in [5.41, 5.74) is 15.0. The second-order valence-electron chi connectivity index (χ2n) is 3.99. The summed E-state index contributed by atoms with van der Waals surface area (Å²) in [5.74, 6) is 0.485. The number of nitrogen functional groups attached to an aromatic ring is 1. The number of anilines is 1. The van der Waals surface area contributed by atoms with Gasteiger partial charge in [-0.1, -0.05) is 34.1 Å². The van der Waals surface area contributed by atoms with E-state index < -0.39 is 0 Å². The van der Waals surface area contributed by atoms with Crippen LogP contribution in [0.5, 0.6) is 0 Å². The zero-order valence-corrected chi connectivity index (χ0v) is 11.1. The minimum atomic E-state index is -0.266. The zero-order chi connectivity index (χ0) is 12.4. The zero-order valence-electron chi connectivity index (χ0n) is 9.52. The molecule has 1 heterocycles. The molecule has 0 radical (unpaired) electrons. The molecule has 4 heteroatoms. The number of aryl methyl sites for hydroxylation is 1. The fraction of sp³-hybridized carbons (Fsp3) is 0.154. The quantitative estimate of drug-likeness (QED) is 0.894. The molecule has 0 aliphatic carbocycles. The van der Waals surface area contributed by atoms with E-state index in [9.17, 15) is 0 Å². The highest BCUT2D eigenvalue weighted by atomic mass is 79.9. The van der Waals surface area contributed by atoms with Crippen LogP contribution in [0.2, 0.25) is 0 Å². The van der Waals surface area contributed by atoms with Gasteiger partial charge in [0.15, 0.2) is 0 Å². The first-order valence-electron chi connectivity index (χ1n) is 5.31. The van der Waals surface area contributed by atoms with E-state index in [1.54, 1.807) is 6.20 Å². The summed E-state index contributed by atoms with van der Waals surface area (Å²) >= 11 is 3.50. The molecule has 2 aromatic rings. The topological polar surface area (TPSA) is 64.9 Å². The maximum atomic E-state index is 6.24. The first kappa shape index (κ1) is 12.1. The highest BCUT2D eigenvalue weighted by Crippen LogP contribution is 2.29. The summed E-state index contributed by atoms with van der Waals surface area (Å²) in [6.45, 7) is 1.97. The van der Waals surface area contributed by atoms with Crippen LogP contribution in [0.25, 0.3) is 0 Å². The molecule has 1 unspecified atom stereocenters. The predicted molar refractivity (Wildman–Crippen MR) is 73.6 cm³/mol. The highest BCUT2D eigenvalue weighted by molar-refractivity contribution is 9.10. The molecular formula is C13H14BrN3. The SMILES string of the molecule is Cc1cnc(N)c(C(N)c2ccccc2Br)c1. The minimum Gasteiger partial charge on any atom is -0.383 e. The number of halogens is 1. The summed E-state index contributed by atoms with van der Waals surface area (Å²) in [6.07, 6.45) is 1.74.